The molecule has 0 radical (unpaired) electrons. The molecule has 0 unspecified atom stereocenters. The van der Waals surface area contributed by atoms with Gasteiger partial charge in [0.15, 0.2) is 11.0 Å². The number of thioether (sulfide) groups is 1. The molecule has 2 aromatic heterocycles. The Balaban J connectivity index is 1.49. The maximum Gasteiger partial charge on any atom is 0.230 e. The minimum absolute atomic E-state index is 0.0459. The molecular weight excluding hydrogens is 432 g/mol. The summed E-state index contributed by atoms with van der Waals surface area (Å²) in [7, 11) is 0. The van der Waals surface area contributed by atoms with Crippen LogP contribution in [-0.2, 0) is 11.3 Å². The monoisotopic (exact) mass is 460 g/mol. The van der Waals surface area contributed by atoms with Gasteiger partial charge in [-0.1, -0.05) is 53.7 Å². The quantitative estimate of drug-likeness (QED) is 0.353. The fraction of sp³-hybridized carbons (Fsp3) is 0.269. The molecule has 0 bridgehead atoms. The lowest BCUT2D eigenvalue weighted by molar-refractivity contribution is -0.119. The third-order valence-corrected chi connectivity index (χ3v) is 6.59. The molecule has 170 valence electrons. The third kappa shape index (κ3) is 5.54. The summed E-state index contributed by atoms with van der Waals surface area (Å²) >= 11 is 1.38. The van der Waals surface area contributed by atoms with Crippen molar-refractivity contribution in [3.05, 3.63) is 88.9 Å². The Hall–Kier alpha value is -3.32. The summed E-state index contributed by atoms with van der Waals surface area (Å²) in [6, 6.07) is 18.1. The summed E-state index contributed by atoms with van der Waals surface area (Å²) in [5, 5.41) is 12.6. The Morgan fingerprint density at radius 3 is 2.64 bits per heavy atom. The number of amides is 1. The number of nitrogens with zero attached hydrogens (tertiary/aromatic N) is 3. The van der Waals surface area contributed by atoms with E-state index in [4.69, 9.17) is 4.42 Å². The number of carbonyl (C=O) groups is 1. The first kappa shape index (κ1) is 22.9. The summed E-state index contributed by atoms with van der Waals surface area (Å²) in [5.41, 5.74) is 5.69. The second-order valence-corrected chi connectivity index (χ2v) is 9.21. The normalized spacial score (nSPS) is 12.0. The molecule has 0 aliphatic rings. The van der Waals surface area contributed by atoms with Crippen LogP contribution in [0.1, 0.15) is 41.0 Å². The van der Waals surface area contributed by atoms with Gasteiger partial charge in [0.25, 0.3) is 0 Å². The largest absolute Gasteiger partial charge is 0.467 e. The number of benzene rings is 2. The standard InChI is InChI=1S/C26H28N4O2S/c1-17-7-5-8-22(13-17)25-28-29-26(30(25)15-23-9-6-12-32-23)33-16-24(31)27-20(4)21-11-10-18(2)19(3)14-21/h5-14,20H,15-16H2,1-4H3,(H,27,31)/t20-/m0/s1. The summed E-state index contributed by atoms with van der Waals surface area (Å²) in [5.74, 6) is 1.76. The van der Waals surface area contributed by atoms with Crippen LogP contribution in [0.2, 0.25) is 0 Å². The van der Waals surface area contributed by atoms with E-state index in [0.717, 1.165) is 28.3 Å². The van der Waals surface area contributed by atoms with Crippen LogP contribution < -0.4 is 5.32 Å². The molecule has 4 aromatic rings. The van der Waals surface area contributed by atoms with Gasteiger partial charge < -0.3 is 9.73 Å². The van der Waals surface area contributed by atoms with Crippen molar-refractivity contribution >= 4 is 17.7 Å². The molecule has 1 atom stereocenters. The van der Waals surface area contributed by atoms with Gasteiger partial charge >= 0.3 is 0 Å². The van der Waals surface area contributed by atoms with Gasteiger partial charge in [0.1, 0.15) is 5.76 Å². The highest BCUT2D eigenvalue weighted by Crippen LogP contribution is 2.26. The molecule has 1 N–H and O–H groups in total. The van der Waals surface area contributed by atoms with Crippen LogP contribution in [0.4, 0.5) is 0 Å². The Morgan fingerprint density at radius 2 is 1.91 bits per heavy atom. The van der Waals surface area contributed by atoms with Crippen molar-refractivity contribution in [3.8, 4) is 11.4 Å². The number of nitrogens with one attached hydrogen (secondary N) is 1. The van der Waals surface area contributed by atoms with Crippen LogP contribution in [0.25, 0.3) is 11.4 Å². The average Bonchev–Trinajstić information content (AvgIpc) is 3.44. The van der Waals surface area contributed by atoms with Gasteiger partial charge in [-0.15, -0.1) is 10.2 Å². The summed E-state index contributed by atoms with van der Waals surface area (Å²) in [6.07, 6.45) is 1.65. The molecule has 0 spiro atoms. The van der Waals surface area contributed by atoms with Crippen LogP contribution >= 0.6 is 11.8 Å². The number of hydrogen-bond acceptors (Lipinski definition) is 5. The Morgan fingerprint density at radius 1 is 1.06 bits per heavy atom. The lowest BCUT2D eigenvalue weighted by Gasteiger charge is -2.16. The van der Waals surface area contributed by atoms with Gasteiger partial charge in [0, 0.05) is 5.56 Å². The molecule has 0 aliphatic heterocycles. The van der Waals surface area contributed by atoms with E-state index in [2.05, 4.69) is 53.6 Å². The fourth-order valence-electron chi connectivity index (χ4n) is 3.62. The topological polar surface area (TPSA) is 73.0 Å². The molecule has 6 nitrogen and oxygen atoms in total. The van der Waals surface area contributed by atoms with E-state index < -0.39 is 0 Å². The number of carbonyl (C=O) groups excluding carboxylic acids is 1. The maximum absolute atomic E-state index is 12.7. The zero-order chi connectivity index (χ0) is 23.4. The van der Waals surface area contributed by atoms with Gasteiger partial charge in [0.2, 0.25) is 5.91 Å². The predicted octanol–water partition coefficient (Wildman–Crippen LogP) is 5.48. The molecule has 0 saturated heterocycles. The van der Waals surface area contributed by atoms with Crippen molar-refractivity contribution in [2.45, 2.75) is 45.4 Å². The second-order valence-electron chi connectivity index (χ2n) is 8.26. The molecule has 0 saturated carbocycles. The van der Waals surface area contributed by atoms with E-state index in [0.29, 0.717) is 11.7 Å². The number of aryl methyl sites for hydroxylation is 3. The van der Waals surface area contributed by atoms with Crippen LogP contribution in [-0.4, -0.2) is 26.4 Å². The summed E-state index contributed by atoms with van der Waals surface area (Å²) < 4.78 is 7.56. The fourth-order valence-corrected chi connectivity index (χ4v) is 4.37. The van der Waals surface area contributed by atoms with Crippen molar-refractivity contribution in [1.29, 1.82) is 0 Å². The summed E-state index contributed by atoms with van der Waals surface area (Å²) in [6.45, 7) is 8.71. The molecule has 2 heterocycles. The Labute approximate surface area is 198 Å². The van der Waals surface area contributed by atoms with Crippen LogP contribution in [0, 0.1) is 20.8 Å². The number of furan rings is 1. The zero-order valence-corrected chi connectivity index (χ0v) is 20.1. The smallest absolute Gasteiger partial charge is 0.230 e. The van der Waals surface area contributed by atoms with E-state index >= 15 is 0 Å². The van der Waals surface area contributed by atoms with E-state index in [9.17, 15) is 4.79 Å². The molecule has 2 aromatic carbocycles. The molecule has 4 rings (SSSR count). The first-order valence-corrected chi connectivity index (χ1v) is 11.9. The van der Waals surface area contributed by atoms with Gasteiger partial charge in [-0.05, 0) is 62.6 Å². The van der Waals surface area contributed by atoms with Crippen molar-refractivity contribution in [1.82, 2.24) is 20.1 Å². The summed E-state index contributed by atoms with van der Waals surface area (Å²) in [4.78, 5) is 12.7. The van der Waals surface area contributed by atoms with Crippen molar-refractivity contribution < 1.29 is 9.21 Å². The van der Waals surface area contributed by atoms with E-state index in [1.54, 1.807) is 6.26 Å². The first-order valence-electron chi connectivity index (χ1n) is 10.9. The highest BCUT2D eigenvalue weighted by atomic mass is 32.2. The SMILES string of the molecule is Cc1cccc(-c2nnc(SCC(=O)N[C@@H](C)c3ccc(C)c(C)c3)n2Cc2ccco2)c1. The number of rotatable bonds is 8. The minimum Gasteiger partial charge on any atom is -0.467 e. The van der Waals surface area contributed by atoms with Gasteiger partial charge in [0.05, 0.1) is 24.6 Å². The Kier molecular flexibility index (Phi) is 6.99. The van der Waals surface area contributed by atoms with Gasteiger partial charge in [-0.25, -0.2) is 0 Å². The van der Waals surface area contributed by atoms with E-state index in [-0.39, 0.29) is 17.7 Å². The lowest BCUT2D eigenvalue weighted by atomic mass is 10.0. The first-order chi connectivity index (χ1) is 15.9. The highest BCUT2D eigenvalue weighted by molar-refractivity contribution is 7.99. The molecule has 0 aliphatic carbocycles. The minimum atomic E-state index is -0.0683. The van der Waals surface area contributed by atoms with Gasteiger partial charge in [-0.2, -0.15) is 0 Å². The Bertz CT molecular complexity index is 1250. The second kappa shape index (κ2) is 10.1. The van der Waals surface area contributed by atoms with Crippen LogP contribution in [0.15, 0.2) is 70.4 Å². The molecule has 1 amide bonds. The lowest BCUT2D eigenvalue weighted by Crippen LogP contribution is -2.28. The van der Waals surface area contributed by atoms with Crippen molar-refractivity contribution in [2.24, 2.45) is 0 Å². The molecular formula is C26H28N4O2S. The van der Waals surface area contributed by atoms with E-state index in [1.807, 2.05) is 48.7 Å². The predicted molar refractivity (Wildman–Crippen MR) is 131 cm³/mol. The van der Waals surface area contributed by atoms with Gasteiger partial charge in [-0.3, -0.25) is 9.36 Å². The maximum atomic E-state index is 12.7. The molecule has 7 heteroatoms. The molecule has 0 fully saturated rings. The average molecular weight is 461 g/mol. The van der Waals surface area contributed by atoms with Crippen molar-refractivity contribution in [3.63, 3.8) is 0 Å². The van der Waals surface area contributed by atoms with Crippen LogP contribution in [0.3, 0.4) is 0 Å². The highest BCUT2D eigenvalue weighted by Gasteiger charge is 2.18. The van der Waals surface area contributed by atoms with Crippen molar-refractivity contribution in [2.75, 3.05) is 5.75 Å². The zero-order valence-electron chi connectivity index (χ0n) is 19.3. The number of aromatic nitrogens is 3. The van der Waals surface area contributed by atoms with Crippen LogP contribution in [0.5, 0.6) is 0 Å². The molecule has 33 heavy (non-hydrogen) atoms. The number of hydrogen-bond donors (Lipinski definition) is 1. The van der Waals surface area contributed by atoms with E-state index in [1.165, 1.54) is 22.9 Å². The third-order valence-electron chi connectivity index (χ3n) is 5.63.